The summed E-state index contributed by atoms with van der Waals surface area (Å²) in [5, 5.41) is 12.3. The average Bonchev–Trinajstić information content (AvgIpc) is 2.94. The molecule has 1 aliphatic rings. The first-order valence-corrected chi connectivity index (χ1v) is 6.97. The summed E-state index contributed by atoms with van der Waals surface area (Å²) in [4.78, 5) is 11.9. The standard InChI is InChI=1S/C14H16ClF2NO2/c15-10-6-12(17)11(16)5-9(10)14(20)18-7-13(19)8-3-1-2-4-8/h5-6,8,13,19H,1-4,7H2,(H,18,20). The van der Waals surface area contributed by atoms with Crippen molar-refractivity contribution in [3.63, 3.8) is 0 Å². The SMILES string of the molecule is O=C(NCC(O)C1CCCC1)c1cc(F)c(F)cc1Cl. The molecule has 1 saturated carbocycles. The Balaban J connectivity index is 1.96. The average molecular weight is 304 g/mol. The topological polar surface area (TPSA) is 49.3 Å². The van der Waals surface area contributed by atoms with E-state index in [1.165, 1.54) is 0 Å². The van der Waals surface area contributed by atoms with E-state index in [4.69, 9.17) is 11.6 Å². The van der Waals surface area contributed by atoms with Crippen LogP contribution in [-0.2, 0) is 0 Å². The maximum atomic E-state index is 13.1. The third kappa shape index (κ3) is 3.46. The molecule has 0 aromatic heterocycles. The van der Waals surface area contributed by atoms with Gasteiger partial charge in [-0.25, -0.2) is 8.78 Å². The molecule has 1 aromatic rings. The molecule has 0 aliphatic heterocycles. The van der Waals surface area contributed by atoms with Crippen LogP contribution in [0.5, 0.6) is 0 Å². The minimum atomic E-state index is -1.13. The fourth-order valence-corrected chi connectivity index (χ4v) is 2.73. The Bertz CT molecular complexity index is 504. The number of carbonyl (C=O) groups is 1. The van der Waals surface area contributed by atoms with Crippen LogP contribution in [0.25, 0.3) is 0 Å². The maximum Gasteiger partial charge on any atom is 0.252 e. The zero-order chi connectivity index (χ0) is 14.7. The predicted octanol–water partition coefficient (Wildman–Crippen LogP) is 2.90. The van der Waals surface area contributed by atoms with Gasteiger partial charge in [0, 0.05) is 6.54 Å². The molecular weight excluding hydrogens is 288 g/mol. The van der Waals surface area contributed by atoms with Gasteiger partial charge in [-0.2, -0.15) is 0 Å². The molecule has 110 valence electrons. The zero-order valence-corrected chi connectivity index (χ0v) is 11.6. The minimum absolute atomic E-state index is 0.0822. The first-order chi connectivity index (χ1) is 9.49. The Morgan fingerprint density at radius 2 is 1.95 bits per heavy atom. The molecule has 1 aromatic carbocycles. The zero-order valence-electron chi connectivity index (χ0n) is 10.8. The second-order valence-electron chi connectivity index (χ2n) is 5.07. The van der Waals surface area contributed by atoms with Crippen LogP contribution in [-0.4, -0.2) is 23.7 Å². The Morgan fingerprint density at radius 1 is 1.35 bits per heavy atom. The molecule has 0 saturated heterocycles. The summed E-state index contributed by atoms with van der Waals surface area (Å²) < 4.78 is 26.0. The van der Waals surface area contributed by atoms with Gasteiger partial charge in [0.15, 0.2) is 11.6 Å². The van der Waals surface area contributed by atoms with Crippen molar-refractivity contribution in [2.45, 2.75) is 31.8 Å². The second kappa shape index (κ2) is 6.50. The van der Waals surface area contributed by atoms with Gasteiger partial charge in [0.2, 0.25) is 0 Å². The molecule has 1 unspecified atom stereocenters. The summed E-state index contributed by atoms with van der Waals surface area (Å²) in [5.41, 5.74) is -0.135. The lowest BCUT2D eigenvalue weighted by atomic mass is 10.0. The molecule has 1 fully saturated rings. The molecule has 0 heterocycles. The van der Waals surface area contributed by atoms with Gasteiger partial charge in [0.1, 0.15) is 0 Å². The predicted molar refractivity (Wildman–Crippen MR) is 71.7 cm³/mol. The lowest BCUT2D eigenvalue weighted by Crippen LogP contribution is -2.35. The number of halogens is 3. The summed E-state index contributed by atoms with van der Waals surface area (Å²) in [6.45, 7) is 0.0822. The van der Waals surface area contributed by atoms with E-state index in [-0.39, 0.29) is 23.0 Å². The van der Waals surface area contributed by atoms with Gasteiger partial charge in [0.25, 0.3) is 5.91 Å². The van der Waals surface area contributed by atoms with E-state index in [9.17, 15) is 18.7 Å². The smallest absolute Gasteiger partial charge is 0.252 e. The Hall–Kier alpha value is -1.20. The summed E-state index contributed by atoms with van der Waals surface area (Å²) in [5.74, 6) is -2.66. The monoisotopic (exact) mass is 303 g/mol. The third-order valence-corrected chi connectivity index (χ3v) is 3.98. The van der Waals surface area contributed by atoms with Crippen LogP contribution in [0, 0.1) is 17.6 Å². The van der Waals surface area contributed by atoms with E-state index in [0.717, 1.165) is 37.8 Å². The fraction of sp³-hybridized carbons (Fsp3) is 0.500. The molecule has 1 amide bonds. The highest BCUT2D eigenvalue weighted by Crippen LogP contribution is 2.27. The normalized spacial score (nSPS) is 17.2. The third-order valence-electron chi connectivity index (χ3n) is 3.67. The first-order valence-electron chi connectivity index (χ1n) is 6.60. The van der Waals surface area contributed by atoms with Crippen LogP contribution in [0.3, 0.4) is 0 Å². The van der Waals surface area contributed by atoms with Crippen LogP contribution in [0.1, 0.15) is 36.0 Å². The molecule has 6 heteroatoms. The molecule has 0 spiro atoms. The number of aliphatic hydroxyl groups is 1. The number of benzene rings is 1. The van der Waals surface area contributed by atoms with Crippen molar-refractivity contribution in [1.29, 1.82) is 0 Å². The molecule has 2 rings (SSSR count). The summed E-state index contributed by atoms with van der Waals surface area (Å²) in [6.07, 6.45) is 3.45. The van der Waals surface area contributed by atoms with Gasteiger partial charge in [-0.3, -0.25) is 4.79 Å². The van der Waals surface area contributed by atoms with Gasteiger partial charge in [-0.1, -0.05) is 24.4 Å². The van der Waals surface area contributed by atoms with Crippen molar-refractivity contribution in [2.24, 2.45) is 5.92 Å². The molecule has 0 bridgehead atoms. The van der Waals surface area contributed by atoms with Crippen LogP contribution in [0.15, 0.2) is 12.1 Å². The van der Waals surface area contributed by atoms with Gasteiger partial charge >= 0.3 is 0 Å². The van der Waals surface area contributed by atoms with Crippen LogP contribution in [0.2, 0.25) is 5.02 Å². The number of nitrogens with one attached hydrogen (secondary N) is 1. The molecule has 1 atom stereocenters. The summed E-state index contributed by atoms with van der Waals surface area (Å²) in [7, 11) is 0. The van der Waals surface area contributed by atoms with Crippen molar-refractivity contribution in [3.8, 4) is 0 Å². The van der Waals surface area contributed by atoms with Crippen LogP contribution < -0.4 is 5.32 Å². The Morgan fingerprint density at radius 3 is 2.60 bits per heavy atom. The van der Waals surface area contributed by atoms with Gasteiger partial charge < -0.3 is 10.4 Å². The van der Waals surface area contributed by atoms with E-state index in [1.54, 1.807) is 0 Å². The molecule has 0 radical (unpaired) electrons. The quantitative estimate of drug-likeness (QED) is 0.840. The molecule has 20 heavy (non-hydrogen) atoms. The molecular formula is C14H16ClF2NO2. The van der Waals surface area contributed by atoms with Crippen molar-refractivity contribution in [3.05, 3.63) is 34.4 Å². The minimum Gasteiger partial charge on any atom is -0.391 e. The van der Waals surface area contributed by atoms with Gasteiger partial charge in [-0.05, 0) is 30.9 Å². The second-order valence-corrected chi connectivity index (χ2v) is 5.48. The first kappa shape index (κ1) is 15.2. The van der Waals surface area contributed by atoms with Crippen molar-refractivity contribution in [2.75, 3.05) is 6.54 Å². The number of hydrogen-bond acceptors (Lipinski definition) is 2. The van der Waals surface area contributed by atoms with Gasteiger partial charge in [-0.15, -0.1) is 0 Å². The molecule has 1 aliphatic carbocycles. The van der Waals surface area contributed by atoms with E-state index in [1.807, 2.05) is 0 Å². The highest BCUT2D eigenvalue weighted by molar-refractivity contribution is 6.33. The van der Waals surface area contributed by atoms with Crippen LogP contribution in [0.4, 0.5) is 8.78 Å². The lowest BCUT2D eigenvalue weighted by Gasteiger charge is -2.18. The molecule has 3 nitrogen and oxygen atoms in total. The highest BCUT2D eigenvalue weighted by Gasteiger charge is 2.24. The number of carbonyl (C=O) groups excluding carboxylic acids is 1. The Kier molecular flexibility index (Phi) is 4.94. The van der Waals surface area contributed by atoms with E-state index < -0.39 is 23.6 Å². The number of aliphatic hydroxyl groups excluding tert-OH is 1. The van der Waals surface area contributed by atoms with Crippen molar-refractivity contribution >= 4 is 17.5 Å². The fourth-order valence-electron chi connectivity index (χ4n) is 2.50. The van der Waals surface area contributed by atoms with Crippen molar-refractivity contribution < 1.29 is 18.7 Å². The lowest BCUT2D eigenvalue weighted by molar-refractivity contribution is 0.0840. The van der Waals surface area contributed by atoms with Gasteiger partial charge in [0.05, 0.1) is 16.7 Å². The van der Waals surface area contributed by atoms with E-state index in [0.29, 0.717) is 0 Å². The maximum absolute atomic E-state index is 13.1. The summed E-state index contributed by atoms with van der Waals surface area (Å²) >= 11 is 5.71. The van der Waals surface area contributed by atoms with E-state index >= 15 is 0 Å². The van der Waals surface area contributed by atoms with E-state index in [2.05, 4.69) is 5.32 Å². The van der Waals surface area contributed by atoms with Crippen molar-refractivity contribution in [1.82, 2.24) is 5.32 Å². The number of rotatable bonds is 4. The highest BCUT2D eigenvalue weighted by atomic mass is 35.5. The largest absolute Gasteiger partial charge is 0.391 e. The summed E-state index contributed by atoms with van der Waals surface area (Å²) in [6, 6.07) is 1.52. The van der Waals surface area contributed by atoms with Crippen LogP contribution >= 0.6 is 11.6 Å². The molecule has 2 N–H and O–H groups in total. The Labute approximate surface area is 120 Å². The number of amides is 1. The number of hydrogen-bond donors (Lipinski definition) is 2.